The molecule has 138 valence electrons. The number of benzene rings is 1. The minimum absolute atomic E-state index is 0.0594. The van der Waals surface area contributed by atoms with Crippen LogP contribution >= 0.6 is 0 Å². The average Bonchev–Trinajstić information content (AvgIpc) is 2.60. The lowest BCUT2D eigenvalue weighted by atomic mass is 10.1. The first-order chi connectivity index (χ1) is 11.8. The molecule has 0 radical (unpaired) electrons. The fraction of sp³-hybridized carbons (Fsp3) is 0.529. The fourth-order valence-corrected chi connectivity index (χ4v) is 4.42. The molecule has 1 aliphatic heterocycles. The first kappa shape index (κ1) is 19.4. The number of esters is 1. The molecule has 1 fully saturated rings. The maximum atomic E-state index is 12.8. The summed E-state index contributed by atoms with van der Waals surface area (Å²) < 4.78 is 31.9. The Labute approximate surface area is 148 Å². The Morgan fingerprint density at radius 1 is 1.24 bits per heavy atom. The van der Waals surface area contributed by atoms with Gasteiger partial charge in [0.05, 0.1) is 4.90 Å². The van der Waals surface area contributed by atoms with Crippen LogP contribution in [0.1, 0.15) is 33.1 Å². The Morgan fingerprint density at radius 3 is 2.56 bits per heavy atom. The van der Waals surface area contributed by atoms with Crippen molar-refractivity contribution in [2.75, 3.05) is 13.2 Å². The van der Waals surface area contributed by atoms with Crippen molar-refractivity contribution >= 4 is 21.9 Å². The monoisotopic (exact) mass is 368 g/mol. The van der Waals surface area contributed by atoms with Gasteiger partial charge in [-0.2, -0.15) is 4.31 Å². The Kier molecular flexibility index (Phi) is 6.55. The summed E-state index contributed by atoms with van der Waals surface area (Å²) in [6.45, 7) is 3.45. The van der Waals surface area contributed by atoms with Gasteiger partial charge in [-0.3, -0.25) is 9.59 Å². The predicted octanol–water partition coefficient (Wildman–Crippen LogP) is 1.30. The van der Waals surface area contributed by atoms with Gasteiger partial charge in [0.1, 0.15) is 6.04 Å². The van der Waals surface area contributed by atoms with E-state index in [2.05, 4.69) is 5.32 Å². The SMILES string of the molecule is CC(C)NC(=O)COC(=O)C1CCCCN1S(=O)(=O)c1ccccc1. The number of carbonyl (C=O) groups is 2. The molecular formula is C17H24N2O5S. The highest BCUT2D eigenvalue weighted by Gasteiger charge is 2.38. The third-order valence-electron chi connectivity index (χ3n) is 3.87. The Hall–Kier alpha value is -1.93. The number of nitrogens with zero attached hydrogens (tertiary/aromatic N) is 1. The molecule has 1 aromatic carbocycles. The largest absolute Gasteiger partial charge is 0.454 e. The zero-order valence-electron chi connectivity index (χ0n) is 14.5. The zero-order chi connectivity index (χ0) is 18.4. The van der Waals surface area contributed by atoms with Crippen molar-refractivity contribution < 1.29 is 22.7 Å². The van der Waals surface area contributed by atoms with Gasteiger partial charge < -0.3 is 10.1 Å². The molecule has 25 heavy (non-hydrogen) atoms. The second-order valence-electron chi connectivity index (χ2n) is 6.27. The highest BCUT2D eigenvalue weighted by atomic mass is 32.2. The van der Waals surface area contributed by atoms with Gasteiger partial charge >= 0.3 is 5.97 Å². The standard InChI is InChI=1S/C17H24N2O5S/c1-13(2)18-16(20)12-24-17(21)15-10-6-7-11-19(15)25(22,23)14-8-4-3-5-9-14/h3-5,8-9,13,15H,6-7,10-12H2,1-2H3,(H,18,20). The molecule has 0 saturated carbocycles. The highest BCUT2D eigenvalue weighted by Crippen LogP contribution is 2.26. The van der Waals surface area contributed by atoms with Crippen LogP contribution in [0.2, 0.25) is 0 Å². The van der Waals surface area contributed by atoms with Crippen molar-refractivity contribution in [3.63, 3.8) is 0 Å². The lowest BCUT2D eigenvalue weighted by Gasteiger charge is -2.32. The molecule has 0 spiro atoms. The molecule has 1 aromatic rings. The van der Waals surface area contributed by atoms with Crippen LogP contribution in [0.25, 0.3) is 0 Å². The summed E-state index contributed by atoms with van der Waals surface area (Å²) in [6, 6.07) is 7.06. The molecule has 0 aromatic heterocycles. The second-order valence-corrected chi connectivity index (χ2v) is 8.16. The van der Waals surface area contributed by atoms with E-state index in [1.54, 1.807) is 32.0 Å². The number of piperidine rings is 1. The summed E-state index contributed by atoms with van der Waals surface area (Å²) in [4.78, 5) is 24.1. The second kappa shape index (κ2) is 8.44. The number of nitrogens with one attached hydrogen (secondary N) is 1. The summed E-state index contributed by atoms with van der Waals surface area (Å²) in [5, 5.41) is 2.62. The van der Waals surface area contributed by atoms with E-state index in [1.165, 1.54) is 16.4 Å². The third-order valence-corrected chi connectivity index (χ3v) is 5.79. The van der Waals surface area contributed by atoms with Crippen LogP contribution in [0.4, 0.5) is 0 Å². The predicted molar refractivity (Wildman–Crippen MR) is 92.2 cm³/mol. The number of amides is 1. The van der Waals surface area contributed by atoms with Gasteiger partial charge in [0.25, 0.3) is 5.91 Å². The van der Waals surface area contributed by atoms with Crippen LogP contribution < -0.4 is 5.32 Å². The highest BCUT2D eigenvalue weighted by molar-refractivity contribution is 7.89. The first-order valence-electron chi connectivity index (χ1n) is 8.35. The molecule has 1 N–H and O–H groups in total. The molecule has 1 atom stereocenters. The molecular weight excluding hydrogens is 344 g/mol. The molecule has 1 saturated heterocycles. The normalized spacial score (nSPS) is 18.8. The van der Waals surface area contributed by atoms with E-state index in [9.17, 15) is 18.0 Å². The van der Waals surface area contributed by atoms with Crippen LogP contribution in [-0.4, -0.2) is 49.8 Å². The maximum absolute atomic E-state index is 12.8. The topological polar surface area (TPSA) is 92.8 Å². The zero-order valence-corrected chi connectivity index (χ0v) is 15.3. The summed E-state index contributed by atoms with van der Waals surface area (Å²) in [6.07, 6.45) is 1.80. The van der Waals surface area contributed by atoms with E-state index in [0.29, 0.717) is 12.8 Å². The summed E-state index contributed by atoms with van der Waals surface area (Å²) >= 11 is 0. The first-order valence-corrected chi connectivity index (χ1v) is 9.79. The molecule has 1 heterocycles. The van der Waals surface area contributed by atoms with Gasteiger partial charge in [-0.25, -0.2) is 8.42 Å². The van der Waals surface area contributed by atoms with E-state index in [-0.39, 0.29) is 17.5 Å². The van der Waals surface area contributed by atoms with E-state index in [0.717, 1.165) is 6.42 Å². The summed E-state index contributed by atoms with van der Waals surface area (Å²) in [5.74, 6) is -1.09. The Morgan fingerprint density at radius 2 is 1.92 bits per heavy atom. The van der Waals surface area contributed by atoms with Crippen LogP contribution in [0, 0.1) is 0 Å². The average molecular weight is 368 g/mol. The molecule has 2 rings (SSSR count). The van der Waals surface area contributed by atoms with Crippen molar-refractivity contribution in [3.05, 3.63) is 30.3 Å². The number of hydrogen-bond donors (Lipinski definition) is 1. The molecule has 1 aliphatic rings. The summed E-state index contributed by atoms with van der Waals surface area (Å²) in [5.41, 5.74) is 0. The molecule has 1 unspecified atom stereocenters. The van der Waals surface area contributed by atoms with Crippen molar-refractivity contribution in [1.82, 2.24) is 9.62 Å². The van der Waals surface area contributed by atoms with Crippen molar-refractivity contribution in [1.29, 1.82) is 0 Å². The minimum Gasteiger partial charge on any atom is -0.454 e. The molecule has 8 heteroatoms. The smallest absolute Gasteiger partial charge is 0.324 e. The maximum Gasteiger partial charge on any atom is 0.324 e. The fourth-order valence-electron chi connectivity index (χ4n) is 2.75. The number of sulfonamides is 1. The Bertz CT molecular complexity index is 703. The van der Waals surface area contributed by atoms with Crippen molar-refractivity contribution in [3.8, 4) is 0 Å². The number of ether oxygens (including phenoxy) is 1. The van der Waals surface area contributed by atoms with Crippen LogP contribution in [0.15, 0.2) is 35.2 Å². The molecule has 1 amide bonds. The third kappa shape index (κ3) is 5.02. The minimum atomic E-state index is -3.78. The molecule has 0 bridgehead atoms. The van der Waals surface area contributed by atoms with Crippen LogP contribution in [-0.2, 0) is 24.3 Å². The number of hydrogen-bond acceptors (Lipinski definition) is 5. The molecule has 0 aliphatic carbocycles. The molecule has 7 nitrogen and oxygen atoms in total. The van der Waals surface area contributed by atoms with Gasteiger partial charge in [0, 0.05) is 12.6 Å². The van der Waals surface area contributed by atoms with E-state index in [4.69, 9.17) is 4.74 Å². The van der Waals surface area contributed by atoms with Crippen LogP contribution in [0.3, 0.4) is 0 Å². The number of carbonyl (C=O) groups excluding carboxylic acids is 2. The van der Waals surface area contributed by atoms with Gasteiger partial charge in [0.2, 0.25) is 10.0 Å². The van der Waals surface area contributed by atoms with Crippen LogP contribution in [0.5, 0.6) is 0 Å². The lowest BCUT2D eigenvalue weighted by molar-refractivity contribution is -0.153. The van der Waals surface area contributed by atoms with Crippen molar-refractivity contribution in [2.24, 2.45) is 0 Å². The summed E-state index contributed by atoms with van der Waals surface area (Å²) in [7, 11) is -3.78. The van der Waals surface area contributed by atoms with E-state index in [1.807, 2.05) is 0 Å². The van der Waals surface area contributed by atoms with Crippen molar-refractivity contribution in [2.45, 2.75) is 50.1 Å². The lowest BCUT2D eigenvalue weighted by Crippen LogP contribution is -2.49. The van der Waals surface area contributed by atoms with Gasteiger partial charge in [-0.15, -0.1) is 0 Å². The number of rotatable bonds is 6. The van der Waals surface area contributed by atoms with Gasteiger partial charge in [0.15, 0.2) is 6.61 Å². The van der Waals surface area contributed by atoms with Gasteiger partial charge in [-0.05, 0) is 45.2 Å². The Balaban J connectivity index is 2.10. The van der Waals surface area contributed by atoms with E-state index < -0.39 is 34.5 Å². The van der Waals surface area contributed by atoms with E-state index >= 15 is 0 Å². The van der Waals surface area contributed by atoms with Gasteiger partial charge in [-0.1, -0.05) is 18.2 Å². The quantitative estimate of drug-likeness (QED) is 0.764.